The van der Waals surface area contributed by atoms with Gasteiger partial charge in [-0.05, 0) is 25.3 Å². The predicted octanol–water partition coefficient (Wildman–Crippen LogP) is 2.38. The van der Waals surface area contributed by atoms with Gasteiger partial charge in [0.15, 0.2) is 20.7 Å². The van der Waals surface area contributed by atoms with E-state index in [9.17, 15) is 13.2 Å². The highest BCUT2D eigenvalue weighted by Gasteiger charge is 2.32. The van der Waals surface area contributed by atoms with E-state index < -0.39 is 9.84 Å². The summed E-state index contributed by atoms with van der Waals surface area (Å²) in [6.07, 6.45) is 0.538. The van der Waals surface area contributed by atoms with Crippen LogP contribution in [0.3, 0.4) is 0 Å². The van der Waals surface area contributed by atoms with Crippen LogP contribution in [-0.4, -0.2) is 40.6 Å². The Balaban J connectivity index is 1.87. The van der Waals surface area contributed by atoms with Crippen LogP contribution in [-0.2, 0) is 9.84 Å². The fourth-order valence-corrected chi connectivity index (χ4v) is 5.16. The van der Waals surface area contributed by atoms with Crippen molar-refractivity contribution in [1.29, 1.82) is 0 Å². The number of aryl methyl sites for hydroxylation is 1. The molecule has 3 heterocycles. The molecule has 0 saturated carbocycles. The van der Waals surface area contributed by atoms with E-state index in [-0.39, 0.29) is 35.1 Å². The van der Waals surface area contributed by atoms with Crippen LogP contribution < -0.4 is 5.32 Å². The minimum absolute atomic E-state index is 0.0845. The number of carbonyl (C=O) groups is 1. The summed E-state index contributed by atoms with van der Waals surface area (Å²) in [6, 6.07) is 1.54. The molecule has 2 aromatic rings. The summed E-state index contributed by atoms with van der Waals surface area (Å²) in [5.74, 6) is 0.0751. The standard InChI is InChI=1S/C15H20N4O3S2/c1-9(2)13-6-12(14(20)17-15-16-10(3)7-23-15)18-19(13)11-4-5-24(21,22)8-11/h6-7,9,11H,4-5,8H2,1-3H3,(H,16,17,20)/t11-/m1/s1. The molecule has 1 saturated heterocycles. The monoisotopic (exact) mass is 368 g/mol. The average molecular weight is 368 g/mol. The second-order valence-electron chi connectivity index (χ2n) is 6.36. The van der Waals surface area contributed by atoms with Crippen LogP contribution in [0.2, 0.25) is 0 Å². The summed E-state index contributed by atoms with van der Waals surface area (Å²) in [7, 11) is -3.01. The van der Waals surface area contributed by atoms with Gasteiger partial charge in [-0.1, -0.05) is 13.8 Å². The van der Waals surface area contributed by atoms with Crippen molar-refractivity contribution >= 4 is 32.2 Å². The molecular weight excluding hydrogens is 348 g/mol. The van der Waals surface area contributed by atoms with Gasteiger partial charge in [-0.3, -0.25) is 14.8 Å². The van der Waals surface area contributed by atoms with Crippen LogP contribution in [0.1, 0.15) is 54.1 Å². The summed E-state index contributed by atoms with van der Waals surface area (Å²) in [5, 5.41) is 9.53. The zero-order chi connectivity index (χ0) is 17.5. The maximum absolute atomic E-state index is 12.4. The van der Waals surface area contributed by atoms with E-state index in [1.165, 1.54) is 11.3 Å². The van der Waals surface area contributed by atoms with Crippen LogP contribution in [0.4, 0.5) is 5.13 Å². The summed E-state index contributed by atoms with van der Waals surface area (Å²) in [5.41, 5.74) is 2.01. The van der Waals surface area contributed by atoms with Gasteiger partial charge in [0.25, 0.3) is 5.91 Å². The van der Waals surface area contributed by atoms with Crippen LogP contribution >= 0.6 is 11.3 Å². The number of nitrogens with zero attached hydrogens (tertiary/aromatic N) is 3. The van der Waals surface area contributed by atoms with Crippen molar-refractivity contribution in [3.05, 3.63) is 28.5 Å². The molecule has 130 valence electrons. The van der Waals surface area contributed by atoms with Gasteiger partial charge in [0.05, 0.1) is 23.2 Å². The van der Waals surface area contributed by atoms with E-state index in [0.717, 1.165) is 11.4 Å². The Bertz CT molecular complexity index is 867. The quantitative estimate of drug-likeness (QED) is 0.894. The fourth-order valence-electron chi connectivity index (χ4n) is 2.78. The highest BCUT2D eigenvalue weighted by Crippen LogP contribution is 2.28. The van der Waals surface area contributed by atoms with Crippen molar-refractivity contribution in [2.45, 2.75) is 39.2 Å². The lowest BCUT2D eigenvalue weighted by Crippen LogP contribution is -2.17. The molecule has 0 aliphatic carbocycles. The molecule has 1 N–H and O–H groups in total. The van der Waals surface area contributed by atoms with Crippen molar-refractivity contribution in [2.24, 2.45) is 0 Å². The molecule has 0 radical (unpaired) electrons. The lowest BCUT2D eigenvalue weighted by Gasteiger charge is -2.15. The van der Waals surface area contributed by atoms with Gasteiger partial charge in [0.1, 0.15) is 0 Å². The third kappa shape index (κ3) is 3.51. The number of aromatic nitrogens is 3. The summed E-state index contributed by atoms with van der Waals surface area (Å²) >= 11 is 1.36. The molecule has 2 aromatic heterocycles. The normalized spacial score (nSPS) is 19.8. The lowest BCUT2D eigenvalue weighted by molar-refractivity contribution is 0.102. The Morgan fingerprint density at radius 1 is 1.46 bits per heavy atom. The van der Waals surface area contributed by atoms with Crippen molar-refractivity contribution < 1.29 is 13.2 Å². The van der Waals surface area contributed by atoms with Crippen LogP contribution in [0.15, 0.2) is 11.4 Å². The van der Waals surface area contributed by atoms with E-state index in [2.05, 4.69) is 15.4 Å². The largest absolute Gasteiger partial charge is 0.296 e. The Morgan fingerprint density at radius 2 is 2.21 bits per heavy atom. The number of nitrogens with one attached hydrogen (secondary N) is 1. The van der Waals surface area contributed by atoms with Crippen LogP contribution in [0.5, 0.6) is 0 Å². The minimum Gasteiger partial charge on any atom is -0.296 e. The first kappa shape index (κ1) is 17.1. The van der Waals surface area contributed by atoms with Gasteiger partial charge in [0, 0.05) is 11.1 Å². The number of anilines is 1. The zero-order valence-corrected chi connectivity index (χ0v) is 15.4. The second kappa shape index (κ2) is 6.29. The van der Waals surface area contributed by atoms with Crippen molar-refractivity contribution in [2.75, 3.05) is 16.8 Å². The number of hydrogen-bond acceptors (Lipinski definition) is 6. The molecule has 1 aliphatic rings. The van der Waals surface area contributed by atoms with Crippen LogP contribution in [0, 0.1) is 6.92 Å². The molecule has 9 heteroatoms. The molecule has 0 spiro atoms. The summed E-state index contributed by atoms with van der Waals surface area (Å²) in [4.78, 5) is 16.6. The molecule has 1 aliphatic heterocycles. The number of rotatable bonds is 4. The van der Waals surface area contributed by atoms with E-state index in [1.54, 1.807) is 10.7 Å². The predicted molar refractivity (Wildman–Crippen MR) is 93.4 cm³/mol. The van der Waals surface area contributed by atoms with E-state index in [1.807, 2.05) is 26.2 Å². The highest BCUT2D eigenvalue weighted by molar-refractivity contribution is 7.91. The van der Waals surface area contributed by atoms with Crippen molar-refractivity contribution in [3.8, 4) is 0 Å². The molecule has 0 bridgehead atoms. The Kier molecular flexibility index (Phi) is 4.48. The number of thiazole rings is 1. The summed E-state index contributed by atoms with van der Waals surface area (Å²) < 4.78 is 25.2. The van der Waals surface area contributed by atoms with Gasteiger partial charge in [-0.15, -0.1) is 11.3 Å². The number of sulfone groups is 1. The minimum atomic E-state index is -3.01. The molecular formula is C15H20N4O3S2. The van der Waals surface area contributed by atoms with E-state index in [0.29, 0.717) is 11.6 Å². The Labute approximate surface area is 145 Å². The van der Waals surface area contributed by atoms with Gasteiger partial charge >= 0.3 is 0 Å². The highest BCUT2D eigenvalue weighted by atomic mass is 32.2. The SMILES string of the molecule is Cc1csc(NC(=O)c2cc(C(C)C)n([C@@H]3CCS(=O)(=O)C3)n2)n1. The number of hydrogen-bond donors (Lipinski definition) is 1. The molecule has 1 atom stereocenters. The lowest BCUT2D eigenvalue weighted by atomic mass is 10.1. The third-order valence-corrected chi connectivity index (χ3v) is 6.61. The van der Waals surface area contributed by atoms with Gasteiger partial charge < -0.3 is 0 Å². The maximum atomic E-state index is 12.4. The van der Waals surface area contributed by atoms with Gasteiger partial charge in [-0.2, -0.15) is 5.10 Å². The van der Waals surface area contributed by atoms with Gasteiger partial charge in [0.2, 0.25) is 0 Å². The third-order valence-electron chi connectivity index (χ3n) is 3.98. The fraction of sp³-hybridized carbons (Fsp3) is 0.533. The molecule has 0 unspecified atom stereocenters. The van der Waals surface area contributed by atoms with E-state index in [4.69, 9.17) is 0 Å². The molecule has 1 fully saturated rings. The molecule has 1 amide bonds. The van der Waals surface area contributed by atoms with Gasteiger partial charge in [-0.25, -0.2) is 13.4 Å². The van der Waals surface area contributed by atoms with Crippen LogP contribution in [0.25, 0.3) is 0 Å². The first-order valence-corrected chi connectivity index (χ1v) is 10.5. The average Bonchev–Trinajstić information content (AvgIpc) is 3.17. The van der Waals surface area contributed by atoms with Crippen molar-refractivity contribution in [1.82, 2.24) is 14.8 Å². The molecule has 0 aromatic carbocycles. The molecule has 7 nitrogen and oxygen atoms in total. The molecule has 3 rings (SSSR count). The van der Waals surface area contributed by atoms with E-state index >= 15 is 0 Å². The first-order valence-electron chi connectivity index (χ1n) is 7.78. The topological polar surface area (TPSA) is 94.0 Å². The zero-order valence-electron chi connectivity index (χ0n) is 13.8. The second-order valence-corrected chi connectivity index (χ2v) is 9.45. The van der Waals surface area contributed by atoms with Crippen molar-refractivity contribution in [3.63, 3.8) is 0 Å². The number of amides is 1. The Morgan fingerprint density at radius 3 is 2.75 bits per heavy atom. The smallest absolute Gasteiger partial charge is 0.277 e. The maximum Gasteiger partial charge on any atom is 0.277 e. The summed E-state index contributed by atoms with van der Waals surface area (Å²) in [6.45, 7) is 5.87. The first-order chi connectivity index (χ1) is 11.2. The number of carbonyl (C=O) groups excluding carboxylic acids is 1. The Hall–Kier alpha value is -1.74. The molecule has 24 heavy (non-hydrogen) atoms.